The van der Waals surface area contributed by atoms with Crippen LogP contribution in [-0.2, 0) is 0 Å². The number of hydrogen-bond donors (Lipinski definition) is 5. The Morgan fingerprint density at radius 2 is 1.49 bits per heavy atom. The van der Waals surface area contributed by atoms with Crippen LogP contribution in [0, 0.1) is 57.2 Å². The van der Waals surface area contributed by atoms with Crippen molar-refractivity contribution in [3.05, 3.63) is 47.1 Å². The third kappa shape index (κ3) is 3.53. The summed E-state index contributed by atoms with van der Waals surface area (Å²) in [5.41, 5.74) is 15.6. The van der Waals surface area contributed by atoms with E-state index in [1.807, 2.05) is 0 Å². The van der Waals surface area contributed by atoms with E-state index in [1.165, 1.54) is 16.7 Å². The number of hydrogen-bond acceptors (Lipinski definition) is 5. The monoisotopic (exact) mass is 588 g/mol. The molecule has 0 saturated heterocycles. The largest absolute Gasteiger partial charge is 0.393 e. The summed E-state index contributed by atoms with van der Waals surface area (Å²) in [5, 5.41) is 36.2. The van der Waals surface area contributed by atoms with E-state index < -0.39 is 11.7 Å². The third-order valence-electron chi connectivity index (χ3n) is 16.1. The van der Waals surface area contributed by atoms with Gasteiger partial charge in [-0.05, 0) is 117 Å². The van der Waals surface area contributed by atoms with Gasteiger partial charge in [0.25, 0.3) is 0 Å². The molecule has 0 aromatic heterocycles. The molecule has 0 radical (unpaired) electrons. The lowest BCUT2D eigenvalue weighted by atomic mass is 9.43. The van der Waals surface area contributed by atoms with Gasteiger partial charge in [0, 0.05) is 28.3 Å². The van der Waals surface area contributed by atoms with Crippen LogP contribution in [-0.4, -0.2) is 45.2 Å². The summed E-state index contributed by atoms with van der Waals surface area (Å²) in [6.07, 6.45) is 21.5. The lowest BCUT2D eigenvalue weighted by Crippen LogP contribution is -2.61. The molecule has 43 heavy (non-hydrogen) atoms. The van der Waals surface area contributed by atoms with E-state index in [9.17, 15) is 15.3 Å². The maximum Gasteiger partial charge on any atom is 0.0922 e. The summed E-state index contributed by atoms with van der Waals surface area (Å²) in [4.78, 5) is 0. The zero-order valence-electron chi connectivity index (χ0n) is 26.9. The molecule has 0 aliphatic heterocycles. The number of aliphatic hydroxyl groups is 3. The van der Waals surface area contributed by atoms with Crippen LogP contribution in [0.3, 0.4) is 0 Å². The van der Waals surface area contributed by atoms with Crippen molar-refractivity contribution in [1.82, 2.24) is 0 Å². The second-order valence-corrected chi connectivity index (χ2v) is 17.5. The SMILES string of the molecule is C[C@]12C(=CC[C@@H]3[C@H]1CC[C@]1(C)C(O)CC[C@@H]31)CC(N)C=C2C1(O)CC[C@H]2[C@@H]3C(O)C=C4CC(N)C=C[C@]4(C)[C@@H]3CC[C@@]21C. The normalized spacial score (nSPS) is 58.6. The van der Waals surface area contributed by atoms with Gasteiger partial charge in [-0.15, -0.1) is 0 Å². The van der Waals surface area contributed by atoms with Gasteiger partial charge in [-0.25, -0.2) is 0 Å². The Morgan fingerprint density at radius 3 is 2.28 bits per heavy atom. The maximum atomic E-state index is 13.4. The second kappa shape index (κ2) is 9.18. The van der Waals surface area contributed by atoms with Crippen molar-refractivity contribution in [2.45, 2.75) is 128 Å². The maximum absolute atomic E-state index is 13.4. The van der Waals surface area contributed by atoms with Gasteiger partial charge in [-0.1, -0.05) is 69.2 Å². The Morgan fingerprint density at radius 1 is 0.767 bits per heavy atom. The van der Waals surface area contributed by atoms with Crippen LogP contribution in [0.25, 0.3) is 0 Å². The van der Waals surface area contributed by atoms with Crippen LogP contribution in [0.2, 0.25) is 0 Å². The van der Waals surface area contributed by atoms with Crippen molar-refractivity contribution in [2.75, 3.05) is 0 Å². The quantitative estimate of drug-likeness (QED) is 0.258. The van der Waals surface area contributed by atoms with Crippen LogP contribution in [0.4, 0.5) is 0 Å². The summed E-state index contributed by atoms with van der Waals surface area (Å²) in [6, 6.07) is -0.0410. The van der Waals surface area contributed by atoms with Crippen LogP contribution in [0.1, 0.15) is 98.3 Å². The van der Waals surface area contributed by atoms with Gasteiger partial charge in [-0.2, -0.15) is 0 Å². The topological polar surface area (TPSA) is 113 Å². The average Bonchev–Trinajstić information content (AvgIpc) is 3.42. The highest BCUT2D eigenvalue weighted by Crippen LogP contribution is 2.72. The third-order valence-corrected chi connectivity index (χ3v) is 16.1. The smallest absolute Gasteiger partial charge is 0.0922 e. The molecule has 0 heterocycles. The fourth-order valence-electron chi connectivity index (χ4n) is 13.7. The predicted molar refractivity (Wildman–Crippen MR) is 170 cm³/mol. The molecule has 8 rings (SSSR count). The van der Waals surface area contributed by atoms with Gasteiger partial charge >= 0.3 is 0 Å². The van der Waals surface area contributed by atoms with Gasteiger partial charge < -0.3 is 26.8 Å². The van der Waals surface area contributed by atoms with Crippen LogP contribution < -0.4 is 11.5 Å². The average molecular weight is 589 g/mol. The van der Waals surface area contributed by atoms with Crippen LogP contribution in [0.5, 0.6) is 0 Å². The molecule has 0 bridgehead atoms. The van der Waals surface area contributed by atoms with E-state index in [0.717, 1.165) is 70.6 Å². The first-order valence-corrected chi connectivity index (χ1v) is 17.7. The molecule has 8 aliphatic carbocycles. The lowest BCUT2D eigenvalue weighted by molar-refractivity contribution is -0.131. The molecule has 0 aromatic rings. The van der Waals surface area contributed by atoms with E-state index in [-0.39, 0.29) is 51.7 Å². The summed E-state index contributed by atoms with van der Waals surface area (Å²) in [5.74, 6) is 2.30. The molecule has 236 valence electrons. The number of fused-ring (bicyclic) bond motifs is 10. The first-order chi connectivity index (χ1) is 20.3. The lowest BCUT2D eigenvalue weighted by Gasteiger charge is -2.63. The summed E-state index contributed by atoms with van der Waals surface area (Å²) < 4.78 is 0. The molecule has 5 nitrogen and oxygen atoms in total. The van der Waals surface area contributed by atoms with E-state index in [2.05, 4.69) is 58.1 Å². The van der Waals surface area contributed by atoms with E-state index in [0.29, 0.717) is 23.7 Å². The number of nitrogens with two attached hydrogens (primary N) is 2. The standard InChI is InChI=1S/C38H56N2O3/c1-34-13-9-23(39)18-22(34)19-30(41)33-28(34)11-15-36(3)29(33)12-16-38(36,43)31-20-24(40)17-21-5-6-25-26-7-8-32(42)35(26,2)14-10-27(25)37(21,31)4/h5,9,13,19-20,23-30,32-33,41-43H,6-8,10-12,14-18,39-40H2,1-4H3/t23?,24?,25-,26-,27+,28+,29-,30?,32?,33+,34-,35-,36-,37-,38?/m0/s1. The van der Waals surface area contributed by atoms with Crippen molar-refractivity contribution in [3.8, 4) is 0 Å². The Balaban J connectivity index is 1.18. The molecule has 0 spiro atoms. The van der Waals surface area contributed by atoms with Crippen LogP contribution in [0.15, 0.2) is 47.1 Å². The Labute approximate surface area is 258 Å². The molecule has 15 atom stereocenters. The summed E-state index contributed by atoms with van der Waals surface area (Å²) in [6.45, 7) is 9.54. The molecule has 5 unspecified atom stereocenters. The van der Waals surface area contributed by atoms with Crippen molar-refractivity contribution in [1.29, 1.82) is 0 Å². The molecular formula is C38H56N2O3. The molecule has 7 N–H and O–H groups in total. The second-order valence-electron chi connectivity index (χ2n) is 17.5. The predicted octanol–water partition coefficient (Wildman–Crippen LogP) is 5.55. The zero-order chi connectivity index (χ0) is 30.3. The van der Waals surface area contributed by atoms with Gasteiger partial charge in [0.1, 0.15) is 0 Å². The molecule has 4 fully saturated rings. The number of aliphatic hydroxyl groups excluding tert-OH is 2. The molecule has 8 aliphatic rings. The Hall–Kier alpha value is -1.24. The van der Waals surface area contributed by atoms with Crippen molar-refractivity contribution in [3.63, 3.8) is 0 Å². The summed E-state index contributed by atoms with van der Waals surface area (Å²) >= 11 is 0. The summed E-state index contributed by atoms with van der Waals surface area (Å²) in [7, 11) is 0. The van der Waals surface area contributed by atoms with Gasteiger partial charge in [0.15, 0.2) is 0 Å². The number of rotatable bonds is 1. The minimum atomic E-state index is -0.943. The fourth-order valence-corrected chi connectivity index (χ4v) is 13.7. The van der Waals surface area contributed by atoms with E-state index in [1.54, 1.807) is 0 Å². The minimum absolute atomic E-state index is 0.0224. The van der Waals surface area contributed by atoms with Crippen molar-refractivity contribution in [2.24, 2.45) is 68.6 Å². The molecule has 0 aromatic carbocycles. The van der Waals surface area contributed by atoms with Crippen molar-refractivity contribution < 1.29 is 15.3 Å². The zero-order valence-corrected chi connectivity index (χ0v) is 26.9. The Bertz CT molecular complexity index is 1330. The molecule has 5 heteroatoms. The molecule has 4 saturated carbocycles. The minimum Gasteiger partial charge on any atom is -0.393 e. The van der Waals surface area contributed by atoms with Gasteiger partial charge in [0.2, 0.25) is 0 Å². The molecule has 0 amide bonds. The van der Waals surface area contributed by atoms with E-state index in [4.69, 9.17) is 11.5 Å². The first-order valence-electron chi connectivity index (χ1n) is 17.7. The van der Waals surface area contributed by atoms with E-state index >= 15 is 0 Å². The van der Waals surface area contributed by atoms with Gasteiger partial charge in [-0.3, -0.25) is 0 Å². The Kier molecular flexibility index (Phi) is 6.23. The first kappa shape index (κ1) is 29.2. The van der Waals surface area contributed by atoms with Gasteiger partial charge in [0.05, 0.1) is 17.8 Å². The highest BCUT2D eigenvalue weighted by atomic mass is 16.3. The highest BCUT2D eigenvalue weighted by Gasteiger charge is 2.69. The van der Waals surface area contributed by atoms with Crippen molar-refractivity contribution >= 4 is 0 Å². The molecular weight excluding hydrogens is 532 g/mol. The number of allylic oxidation sites excluding steroid dienone is 2. The van der Waals surface area contributed by atoms with Crippen LogP contribution >= 0.6 is 0 Å². The fraction of sp³-hybridized carbons (Fsp3) is 0.789. The highest BCUT2D eigenvalue weighted by molar-refractivity contribution is 5.46.